The molecule has 23 heavy (non-hydrogen) atoms. The van der Waals surface area contributed by atoms with Crippen LogP contribution < -0.4 is 4.74 Å². The number of ether oxygens (including phenoxy) is 1. The van der Waals surface area contributed by atoms with Gasteiger partial charge in [-0.15, -0.1) is 5.10 Å². The molecule has 0 saturated carbocycles. The highest BCUT2D eigenvalue weighted by atomic mass is 16.5. The highest BCUT2D eigenvalue weighted by Gasteiger charge is 2.24. The molecular weight excluding hydrogens is 290 g/mol. The molecule has 0 aliphatic heterocycles. The molecule has 2 rings (SSSR count). The van der Waals surface area contributed by atoms with Gasteiger partial charge in [0.1, 0.15) is 11.4 Å². The first-order chi connectivity index (χ1) is 11.0. The van der Waals surface area contributed by atoms with E-state index in [9.17, 15) is 5.11 Å². The maximum atomic E-state index is 9.42. The van der Waals surface area contributed by atoms with Gasteiger partial charge in [0.25, 0.3) is 0 Å². The van der Waals surface area contributed by atoms with Crippen LogP contribution in [0.2, 0.25) is 0 Å². The second-order valence-corrected chi connectivity index (χ2v) is 6.72. The van der Waals surface area contributed by atoms with Crippen molar-refractivity contribution >= 4 is 0 Å². The Hall–Kier alpha value is -1.88. The van der Waals surface area contributed by atoms with E-state index < -0.39 is 0 Å². The molecule has 0 aliphatic rings. The summed E-state index contributed by atoms with van der Waals surface area (Å²) in [6.07, 6.45) is 1.88. The lowest BCUT2D eigenvalue weighted by molar-refractivity contribution is 0.272. The molecule has 1 heterocycles. The van der Waals surface area contributed by atoms with Crippen LogP contribution >= 0.6 is 0 Å². The Morgan fingerprint density at radius 2 is 1.87 bits per heavy atom. The summed E-state index contributed by atoms with van der Waals surface area (Å²) in [5.41, 5.74) is 2.87. The molecule has 2 aromatic rings. The van der Waals surface area contributed by atoms with Crippen LogP contribution in [-0.2, 0) is 25.0 Å². The van der Waals surface area contributed by atoms with Crippen LogP contribution in [0.3, 0.4) is 0 Å². The summed E-state index contributed by atoms with van der Waals surface area (Å²) in [4.78, 5) is 0. The number of nitrogens with zero attached hydrogens (tertiary/aromatic N) is 3. The zero-order valence-electron chi connectivity index (χ0n) is 14.5. The normalized spacial score (nSPS) is 11.7. The monoisotopic (exact) mass is 317 g/mol. The summed E-state index contributed by atoms with van der Waals surface area (Å²) < 4.78 is 7.66. The Morgan fingerprint density at radius 3 is 2.43 bits per heavy atom. The molecule has 1 aromatic carbocycles. The van der Waals surface area contributed by atoms with Gasteiger partial charge in [-0.3, -0.25) is 0 Å². The van der Waals surface area contributed by atoms with E-state index in [0.717, 1.165) is 30.8 Å². The largest absolute Gasteiger partial charge is 0.494 e. The van der Waals surface area contributed by atoms with Crippen molar-refractivity contribution in [2.45, 2.75) is 59.1 Å². The van der Waals surface area contributed by atoms with E-state index >= 15 is 0 Å². The van der Waals surface area contributed by atoms with Gasteiger partial charge in [0, 0.05) is 18.4 Å². The molecule has 0 saturated heterocycles. The molecule has 0 aliphatic carbocycles. The topological polar surface area (TPSA) is 60.2 Å². The zero-order valence-corrected chi connectivity index (χ0v) is 14.5. The number of aryl methyl sites for hydroxylation is 2. The van der Waals surface area contributed by atoms with Crippen molar-refractivity contribution in [2.75, 3.05) is 6.61 Å². The van der Waals surface area contributed by atoms with E-state index in [4.69, 9.17) is 4.74 Å². The average molecular weight is 317 g/mol. The summed E-state index contributed by atoms with van der Waals surface area (Å²) in [7, 11) is 0. The van der Waals surface area contributed by atoms with Crippen molar-refractivity contribution in [1.82, 2.24) is 15.0 Å². The summed E-state index contributed by atoms with van der Waals surface area (Å²) in [6.45, 7) is 9.73. The summed E-state index contributed by atoms with van der Waals surface area (Å²) in [6, 6.07) is 8.22. The molecule has 0 spiro atoms. The Balaban J connectivity index is 1.90. The minimum atomic E-state index is -0.0988. The van der Waals surface area contributed by atoms with Crippen LogP contribution in [0.1, 0.15) is 51.1 Å². The van der Waals surface area contributed by atoms with Crippen LogP contribution in [-0.4, -0.2) is 26.7 Å². The second-order valence-electron chi connectivity index (χ2n) is 6.72. The third-order valence-electron chi connectivity index (χ3n) is 3.78. The standard InChI is InChI=1S/C18H27N3O2/c1-5-14-7-9-15(10-8-14)23-12-6-11-21-17(18(2,3)4)16(13-22)19-20-21/h7-10,22H,5-6,11-13H2,1-4H3. The molecular formula is C18H27N3O2. The molecule has 0 amide bonds. The Morgan fingerprint density at radius 1 is 1.17 bits per heavy atom. The quantitative estimate of drug-likeness (QED) is 0.797. The lowest BCUT2D eigenvalue weighted by Crippen LogP contribution is -2.21. The smallest absolute Gasteiger partial charge is 0.119 e. The highest BCUT2D eigenvalue weighted by Crippen LogP contribution is 2.24. The van der Waals surface area contributed by atoms with E-state index in [2.05, 4.69) is 50.1 Å². The Bertz CT molecular complexity index is 612. The van der Waals surface area contributed by atoms with E-state index in [0.29, 0.717) is 12.3 Å². The lowest BCUT2D eigenvalue weighted by atomic mass is 9.90. The van der Waals surface area contributed by atoms with Gasteiger partial charge in [0.15, 0.2) is 0 Å². The third kappa shape index (κ3) is 4.55. The van der Waals surface area contributed by atoms with Gasteiger partial charge in [-0.1, -0.05) is 45.0 Å². The van der Waals surface area contributed by atoms with Gasteiger partial charge >= 0.3 is 0 Å². The molecule has 0 atom stereocenters. The van der Waals surface area contributed by atoms with E-state index in [1.807, 2.05) is 16.8 Å². The van der Waals surface area contributed by atoms with Crippen LogP contribution in [0, 0.1) is 0 Å². The fourth-order valence-corrected chi connectivity index (χ4v) is 2.66. The van der Waals surface area contributed by atoms with Gasteiger partial charge < -0.3 is 9.84 Å². The van der Waals surface area contributed by atoms with Gasteiger partial charge in [-0.25, -0.2) is 4.68 Å². The van der Waals surface area contributed by atoms with Crippen molar-refractivity contribution in [3.8, 4) is 5.75 Å². The first-order valence-electron chi connectivity index (χ1n) is 8.21. The van der Waals surface area contributed by atoms with Crippen molar-refractivity contribution in [1.29, 1.82) is 0 Å². The first-order valence-corrected chi connectivity index (χ1v) is 8.21. The minimum Gasteiger partial charge on any atom is -0.494 e. The fraction of sp³-hybridized carbons (Fsp3) is 0.556. The number of aliphatic hydroxyl groups excluding tert-OH is 1. The van der Waals surface area contributed by atoms with Gasteiger partial charge in [-0.05, 0) is 24.1 Å². The molecule has 5 nitrogen and oxygen atoms in total. The lowest BCUT2D eigenvalue weighted by Gasteiger charge is -2.21. The predicted molar refractivity (Wildman–Crippen MR) is 90.6 cm³/mol. The van der Waals surface area contributed by atoms with Crippen LogP contribution in [0.4, 0.5) is 0 Å². The fourth-order valence-electron chi connectivity index (χ4n) is 2.66. The zero-order chi connectivity index (χ0) is 16.9. The Labute approximate surface area is 138 Å². The highest BCUT2D eigenvalue weighted by molar-refractivity contribution is 5.27. The van der Waals surface area contributed by atoms with Crippen LogP contribution in [0.5, 0.6) is 5.75 Å². The third-order valence-corrected chi connectivity index (χ3v) is 3.78. The van der Waals surface area contributed by atoms with Crippen LogP contribution in [0.15, 0.2) is 24.3 Å². The summed E-state index contributed by atoms with van der Waals surface area (Å²) >= 11 is 0. The van der Waals surface area contributed by atoms with Gasteiger partial charge in [0.05, 0.1) is 18.9 Å². The average Bonchev–Trinajstić information content (AvgIpc) is 2.95. The summed E-state index contributed by atoms with van der Waals surface area (Å²) in [5.74, 6) is 0.896. The molecule has 1 N–H and O–H groups in total. The number of hydrogen-bond acceptors (Lipinski definition) is 4. The predicted octanol–water partition coefficient (Wildman–Crippen LogP) is 3.10. The number of aliphatic hydroxyl groups is 1. The molecule has 0 radical (unpaired) electrons. The molecule has 126 valence electrons. The van der Waals surface area contributed by atoms with Gasteiger partial charge in [0.2, 0.25) is 0 Å². The van der Waals surface area contributed by atoms with E-state index in [-0.39, 0.29) is 12.0 Å². The SMILES string of the molecule is CCc1ccc(OCCCn2nnc(CO)c2C(C)(C)C)cc1. The second kappa shape index (κ2) is 7.59. The van der Waals surface area contributed by atoms with Gasteiger partial charge in [-0.2, -0.15) is 0 Å². The molecule has 0 unspecified atom stereocenters. The van der Waals surface area contributed by atoms with Crippen LogP contribution in [0.25, 0.3) is 0 Å². The first kappa shape index (κ1) is 17.5. The minimum absolute atomic E-state index is 0.0765. The van der Waals surface area contributed by atoms with E-state index in [1.165, 1.54) is 5.56 Å². The molecule has 0 bridgehead atoms. The number of benzene rings is 1. The van der Waals surface area contributed by atoms with Crippen molar-refractivity contribution in [3.63, 3.8) is 0 Å². The maximum absolute atomic E-state index is 9.42. The van der Waals surface area contributed by atoms with E-state index in [1.54, 1.807) is 0 Å². The van der Waals surface area contributed by atoms with Crippen molar-refractivity contribution in [3.05, 3.63) is 41.2 Å². The summed E-state index contributed by atoms with van der Waals surface area (Å²) in [5, 5.41) is 17.7. The number of aromatic nitrogens is 3. The van der Waals surface area contributed by atoms with Crippen molar-refractivity contribution in [2.24, 2.45) is 0 Å². The maximum Gasteiger partial charge on any atom is 0.119 e. The molecule has 5 heteroatoms. The van der Waals surface area contributed by atoms with Crippen molar-refractivity contribution < 1.29 is 9.84 Å². The molecule has 0 fully saturated rings. The number of hydrogen-bond donors (Lipinski definition) is 1. The Kier molecular flexibility index (Phi) is 5.77. The number of rotatable bonds is 7. The molecule has 1 aromatic heterocycles.